The molecule has 100 valence electrons. The molecule has 1 rings (SSSR count). The van der Waals surface area contributed by atoms with E-state index in [-0.39, 0.29) is 24.1 Å². The summed E-state index contributed by atoms with van der Waals surface area (Å²) in [6, 6.07) is 4.58. The van der Waals surface area contributed by atoms with Crippen LogP contribution in [-0.2, 0) is 4.79 Å². The number of rotatable bonds is 5. The van der Waals surface area contributed by atoms with Crippen molar-refractivity contribution < 1.29 is 18.3 Å². The maximum absolute atomic E-state index is 12.2. The van der Waals surface area contributed by atoms with Crippen LogP contribution in [0.15, 0.2) is 18.2 Å². The predicted octanol–water partition coefficient (Wildman–Crippen LogP) is 2.13. The van der Waals surface area contributed by atoms with Crippen molar-refractivity contribution in [1.82, 2.24) is 0 Å². The molecule has 6 heteroatoms. The van der Waals surface area contributed by atoms with Crippen LogP contribution in [0.5, 0.6) is 5.75 Å². The molecule has 0 radical (unpaired) electrons. The van der Waals surface area contributed by atoms with Crippen molar-refractivity contribution in [3.05, 3.63) is 23.8 Å². The first kappa shape index (κ1) is 14.4. The van der Waals surface area contributed by atoms with Crippen molar-refractivity contribution in [2.45, 2.75) is 20.5 Å². The van der Waals surface area contributed by atoms with E-state index in [0.29, 0.717) is 11.3 Å². The first-order valence-corrected chi connectivity index (χ1v) is 5.50. The SMILES string of the molecule is Cc1ccc(NC(=O)C(C)CN)cc1OC(F)F. The molecule has 0 aromatic heterocycles. The molecule has 0 aliphatic heterocycles. The van der Waals surface area contributed by atoms with E-state index in [1.54, 1.807) is 26.0 Å². The maximum Gasteiger partial charge on any atom is 0.387 e. The summed E-state index contributed by atoms with van der Waals surface area (Å²) < 4.78 is 28.6. The van der Waals surface area contributed by atoms with Crippen LogP contribution in [0.4, 0.5) is 14.5 Å². The molecule has 18 heavy (non-hydrogen) atoms. The third-order valence-corrected chi connectivity index (χ3v) is 2.47. The number of carbonyl (C=O) groups is 1. The lowest BCUT2D eigenvalue weighted by Crippen LogP contribution is -2.26. The lowest BCUT2D eigenvalue weighted by Gasteiger charge is -2.13. The highest BCUT2D eigenvalue weighted by molar-refractivity contribution is 5.92. The van der Waals surface area contributed by atoms with Gasteiger partial charge in [0, 0.05) is 24.2 Å². The Morgan fingerprint density at radius 1 is 1.50 bits per heavy atom. The number of hydrogen-bond donors (Lipinski definition) is 2. The highest BCUT2D eigenvalue weighted by atomic mass is 19.3. The van der Waals surface area contributed by atoms with Crippen LogP contribution < -0.4 is 15.8 Å². The summed E-state index contributed by atoms with van der Waals surface area (Å²) in [4.78, 5) is 11.6. The number of nitrogens with one attached hydrogen (secondary N) is 1. The molecule has 4 nitrogen and oxygen atoms in total. The van der Waals surface area contributed by atoms with E-state index in [2.05, 4.69) is 10.1 Å². The normalized spacial score (nSPS) is 12.3. The number of anilines is 1. The summed E-state index contributed by atoms with van der Waals surface area (Å²) >= 11 is 0. The summed E-state index contributed by atoms with van der Waals surface area (Å²) in [5.74, 6) is -0.557. The van der Waals surface area contributed by atoms with Crippen molar-refractivity contribution in [1.29, 1.82) is 0 Å². The van der Waals surface area contributed by atoms with Gasteiger partial charge in [-0.3, -0.25) is 4.79 Å². The Bertz CT molecular complexity index is 425. The average Bonchev–Trinajstić information content (AvgIpc) is 2.31. The first-order chi connectivity index (χ1) is 8.43. The smallest absolute Gasteiger partial charge is 0.387 e. The molecule has 1 aromatic rings. The molecule has 3 N–H and O–H groups in total. The Morgan fingerprint density at radius 2 is 2.17 bits per heavy atom. The summed E-state index contributed by atoms with van der Waals surface area (Å²) in [6.07, 6.45) is 0. The minimum Gasteiger partial charge on any atom is -0.434 e. The Hall–Kier alpha value is -1.69. The van der Waals surface area contributed by atoms with Gasteiger partial charge in [0.15, 0.2) is 0 Å². The topological polar surface area (TPSA) is 64.4 Å². The van der Waals surface area contributed by atoms with Gasteiger partial charge in [-0.25, -0.2) is 0 Å². The second kappa shape index (κ2) is 6.30. The van der Waals surface area contributed by atoms with E-state index in [0.717, 1.165) is 0 Å². The molecule has 0 aliphatic rings. The van der Waals surface area contributed by atoms with Crippen LogP contribution >= 0.6 is 0 Å². The largest absolute Gasteiger partial charge is 0.434 e. The van der Waals surface area contributed by atoms with Crippen molar-refractivity contribution in [3.63, 3.8) is 0 Å². The molecule has 0 spiro atoms. The zero-order chi connectivity index (χ0) is 13.7. The molecule has 1 atom stereocenters. The van der Waals surface area contributed by atoms with E-state index >= 15 is 0 Å². The van der Waals surface area contributed by atoms with Gasteiger partial charge in [-0.2, -0.15) is 8.78 Å². The Labute approximate surface area is 104 Å². The lowest BCUT2D eigenvalue weighted by molar-refractivity contribution is -0.119. The number of carbonyl (C=O) groups excluding carboxylic acids is 1. The fourth-order valence-electron chi connectivity index (χ4n) is 1.27. The molecule has 1 amide bonds. The lowest BCUT2D eigenvalue weighted by atomic mass is 10.1. The average molecular weight is 258 g/mol. The third kappa shape index (κ3) is 3.96. The van der Waals surface area contributed by atoms with Gasteiger partial charge in [-0.1, -0.05) is 13.0 Å². The fourth-order valence-corrected chi connectivity index (χ4v) is 1.27. The van der Waals surface area contributed by atoms with Crippen molar-refractivity contribution in [2.75, 3.05) is 11.9 Å². The van der Waals surface area contributed by atoms with E-state index in [1.807, 2.05) is 0 Å². The molecule has 0 fully saturated rings. The molecule has 0 aliphatic carbocycles. The van der Waals surface area contributed by atoms with Crippen LogP contribution in [0, 0.1) is 12.8 Å². The van der Waals surface area contributed by atoms with Crippen LogP contribution in [0.1, 0.15) is 12.5 Å². The first-order valence-electron chi connectivity index (χ1n) is 5.50. The Morgan fingerprint density at radius 3 is 2.72 bits per heavy atom. The van der Waals surface area contributed by atoms with Crippen LogP contribution in [0.3, 0.4) is 0 Å². The van der Waals surface area contributed by atoms with Crippen LogP contribution in [0.25, 0.3) is 0 Å². The standard InChI is InChI=1S/C12H16F2N2O2/c1-7-3-4-9(5-10(7)18-12(13)14)16-11(17)8(2)6-15/h3-5,8,12H,6,15H2,1-2H3,(H,16,17). The number of hydrogen-bond acceptors (Lipinski definition) is 3. The number of halogens is 2. The third-order valence-electron chi connectivity index (χ3n) is 2.47. The predicted molar refractivity (Wildman–Crippen MR) is 64.7 cm³/mol. The van der Waals surface area contributed by atoms with Gasteiger partial charge in [0.1, 0.15) is 5.75 Å². The van der Waals surface area contributed by atoms with Gasteiger partial charge < -0.3 is 15.8 Å². The minimum absolute atomic E-state index is 0.0446. The molecule has 1 aromatic carbocycles. The number of amides is 1. The van der Waals surface area contributed by atoms with Crippen molar-refractivity contribution in [3.8, 4) is 5.75 Å². The highest BCUT2D eigenvalue weighted by Crippen LogP contribution is 2.24. The molecular formula is C12H16F2N2O2. The van der Waals surface area contributed by atoms with Crippen molar-refractivity contribution >= 4 is 11.6 Å². The van der Waals surface area contributed by atoms with E-state index in [1.165, 1.54) is 6.07 Å². The fraction of sp³-hybridized carbons (Fsp3) is 0.417. The number of ether oxygens (including phenoxy) is 1. The second-order valence-electron chi connectivity index (χ2n) is 3.98. The molecule has 0 bridgehead atoms. The number of nitrogens with two attached hydrogens (primary N) is 1. The maximum atomic E-state index is 12.2. The van der Waals surface area contributed by atoms with Crippen LogP contribution in [0.2, 0.25) is 0 Å². The van der Waals surface area contributed by atoms with Gasteiger partial charge in [-0.05, 0) is 18.6 Å². The Balaban J connectivity index is 2.81. The summed E-state index contributed by atoms with van der Waals surface area (Å²) in [6.45, 7) is 0.655. The highest BCUT2D eigenvalue weighted by Gasteiger charge is 2.13. The van der Waals surface area contributed by atoms with Gasteiger partial charge in [0.2, 0.25) is 5.91 Å². The quantitative estimate of drug-likeness (QED) is 0.850. The monoisotopic (exact) mass is 258 g/mol. The number of benzene rings is 1. The van der Waals surface area contributed by atoms with E-state index < -0.39 is 6.61 Å². The zero-order valence-corrected chi connectivity index (χ0v) is 10.2. The minimum atomic E-state index is -2.89. The van der Waals surface area contributed by atoms with Crippen LogP contribution in [-0.4, -0.2) is 19.1 Å². The molecule has 0 saturated heterocycles. The summed E-state index contributed by atoms with van der Waals surface area (Å²) in [5, 5.41) is 2.59. The Kier molecular flexibility index (Phi) is 5.03. The molecule has 0 saturated carbocycles. The zero-order valence-electron chi connectivity index (χ0n) is 10.2. The van der Waals surface area contributed by atoms with E-state index in [9.17, 15) is 13.6 Å². The molecule has 0 heterocycles. The molecule has 1 unspecified atom stereocenters. The molecular weight excluding hydrogens is 242 g/mol. The summed E-state index contributed by atoms with van der Waals surface area (Å²) in [7, 11) is 0. The van der Waals surface area contributed by atoms with Gasteiger partial charge in [0.05, 0.1) is 0 Å². The van der Waals surface area contributed by atoms with Crippen molar-refractivity contribution in [2.24, 2.45) is 11.7 Å². The number of aryl methyl sites for hydroxylation is 1. The van der Waals surface area contributed by atoms with Gasteiger partial charge in [0.25, 0.3) is 0 Å². The summed E-state index contributed by atoms with van der Waals surface area (Å²) in [5.41, 5.74) is 6.34. The number of alkyl halides is 2. The van der Waals surface area contributed by atoms with Gasteiger partial charge >= 0.3 is 6.61 Å². The van der Waals surface area contributed by atoms with Gasteiger partial charge in [-0.15, -0.1) is 0 Å². The van der Waals surface area contributed by atoms with E-state index in [4.69, 9.17) is 5.73 Å². The second-order valence-corrected chi connectivity index (χ2v) is 3.98.